The van der Waals surface area contributed by atoms with Gasteiger partial charge in [0.1, 0.15) is 17.6 Å². The highest BCUT2D eigenvalue weighted by molar-refractivity contribution is 5.30. The molecular weight excluding hydrogens is 360 g/mol. The first-order chi connectivity index (χ1) is 14.3. The summed E-state index contributed by atoms with van der Waals surface area (Å²) in [7, 11) is 1.72. The van der Waals surface area contributed by atoms with Gasteiger partial charge in [-0.3, -0.25) is 9.80 Å². The van der Waals surface area contributed by atoms with Crippen LogP contribution in [0.1, 0.15) is 49.3 Å². The number of hydrogen-bond donors (Lipinski definition) is 0. The molecule has 0 N–H and O–H groups in total. The maximum absolute atomic E-state index is 6.95. The smallest absolute Gasteiger partial charge is 0.125 e. The number of likely N-dealkylation sites (tertiary alicyclic amines) is 1. The summed E-state index contributed by atoms with van der Waals surface area (Å²) in [5.74, 6) is 0.913. The molecule has 3 heterocycles. The van der Waals surface area contributed by atoms with Gasteiger partial charge in [-0.25, -0.2) is 0 Å². The molecular formula is C25H32N2O2. The third kappa shape index (κ3) is 3.70. The first-order valence-corrected chi connectivity index (χ1v) is 11.1. The van der Waals surface area contributed by atoms with Crippen LogP contribution in [0.5, 0.6) is 5.75 Å². The SMILES string of the molecule is COc1ccc(C2OC3(CCN(Cc4ccccc4)CC3)N3CCCCC23)cc1. The summed E-state index contributed by atoms with van der Waals surface area (Å²) in [6.07, 6.45) is 6.23. The molecule has 2 aromatic rings. The lowest BCUT2D eigenvalue weighted by atomic mass is 9.91. The summed E-state index contributed by atoms with van der Waals surface area (Å²) in [4.78, 5) is 5.31. The zero-order valence-corrected chi connectivity index (χ0v) is 17.4. The van der Waals surface area contributed by atoms with E-state index in [1.807, 2.05) is 0 Å². The summed E-state index contributed by atoms with van der Waals surface area (Å²) < 4.78 is 12.3. The van der Waals surface area contributed by atoms with Crippen molar-refractivity contribution in [2.24, 2.45) is 0 Å². The van der Waals surface area contributed by atoms with Crippen LogP contribution in [0.4, 0.5) is 0 Å². The van der Waals surface area contributed by atoms with Gasteiger partial charge in [-0.05, 0) is 36.1 Å². The Morgan fingerprint density at radius 1 is 0.966 bits per heavy atom. The standard InChI is InChI=1S/C25H32N2O2/c1-28-22-12-10-21(11-13-22)24-23-9-5-6-16-27(23)25(29-24)14-17-26(18-15-25)19-20-7-3-2-4-8-20/h2-4,7-8,10-13,23-24H,5-6,9,14-19H2,1H3. The number of methoxy groups -OCH3 is 1. The van der Waals surface area contributed by atoms with Gasteiger partial charge in [0.05, 0.1) is 7.11 Å². The Balaban J connectivity index is 1.32. The Hall–Kier alpha value is -1.88. The number of fused-ring (bicyclic) bond motifs is 2. The van der Waals surface area contributed by atoms with E-state index in [4.69, 9.17) is 9.47 Å². The molecule has 0 radical (unpaired) electrons. The van der Waals surface area contributed by atoms with Crippen LogP contribution < -0.4 is 4.74 Å². The second kappa shape index (κ2) is 8.10. The quantitative estimate of drug-likeness (QED) is 0.758. The zero-order valence-electron chi connectivity index (χ0n) is 17.4. The van der Waals surface area contributed by atoms with E-state index in [9.17, 15) is 0 Å². The van der Waals surface area contributed by atoms with Crippen LogP contribution >= 0.6 is 0 Å². The van der Waals surface area contributed by atoms with Gasteiger partial charge in [0.2, 0.25) is 0 Å². The molecule has 0 aliphatic carbocycles. The average molecular weight is 393 g/mol. The number of benzene rings is 2. The van der Waals surface area contributed by atoms with Crippen LogP contribution in [-0.2, 0) is 11.3 Å². The third-order valence-corrected chi connectivity index (χ3v) is 7.10. The van der Waals surface area contributed by atoms with Gasteiger partial charge in [-0.1, -0.05) is 48.9 Å². The Morgan fingerprint density at radius 3 is 2.45 bits per heavy atom. The lowest BCUT2D eigenvalue weighted by Crippen LogP contribution is -2.55. The zero-order chi connectivity index (χ0) is 19.7. The van der Waals surface area contributed by atoms with Crippen molar-refractivity contribution in [3.05, 3.63) is 65.7 Å². The molecule has 3 saturated heterocycles. The molecule has 2 unspecified atom stereocenters. The van der Waals surface area contributed by atoms with Gasteiger partial charge in [0.15, 0.2) is 0 Å². The first kappa shape index (κ1) is 19.1. The number of piperidine rings is 2. The monoisotopic (exact) mass is 392 g/mol. The number of ether oxygens (including phenoxy) is 2. The second-order valence-corrected chi connectivity index (χ2v) is 8.78. The van der Waals surface area contributed by atoms with Crippen LogP contribution in [0.3, 0.4) is 0 Å². The van der Waals surface area contributed by atoms with Crippen molar-refractivity contribution in [2.45, 2.75) is 56.5 Å². The van der Waals surface area contributed by atoms with E-state index in [-0.39, 0.29) is 11.8 Å². The summed E-state index contributed by atoms with van der Waals surface area (Å²) in [5.41, 5.74) is 2.62. The molecule has 0 amide bonds. The van der Waals surface area contributed by atoms with Crippen molar-refractivity contribution in [3.8, 4) is 5.75 Å². The topological polar surface area (TPSA) is 24.9 Å². The maximum atomic E-state index is 6.95. The average Bonchev–Trinajstić information content (AvgIpc) is 3.11. The Bertz CT molecular complexity index is 799. The summed E-state index contributed by atoms with van der Waals surface area (Å²) in [6.45, 7) is 4.43. The van der Waals surface area contributed by atoms with E-state index in [1.54, 1.807) is 7.11 Å². The van der Waals surface area contributed by atoms with Crippen LogP contribution in [0, 0.1) is 0 Å². The van der Waals surface area contributed by atoms with Crippen molar-refractivity contribution < 1.29 is 9.47 Å². The summed E-state index contributed by atoms with van der Waals surface area (Å²) in [6, 6.07) is 19.9. The van der Waals surface area contributed by atoms with Crippen molar-refractivity contribution >= 4 is 0 Å². The second-order valence-electron chi connectivity index (χ2n) is 8.78. The highest BCUT2D eigenvalue weighted by Gasteiger charge is 2.54. The minimum Gasteiger partial charge on any atom is -0.497 e. The Labute approximate surface area is 174 Å². The molecule has 2 aromatic carbocycles. The van der Waals surface area contributed by atoms with E-state index < -0.39 is 0 Å². The maximum Gasteiger partial charge on any atom is 0.125 e. The van der Waals surface area contributed by atoms with Gasteiger partial charge in [0, 0.05) is 45.1 Å². The number of rotatable bonds is 4. The third-order valence-electron chi connectivity index (χ3n) is 7.10. The van der Waals surface area contributed by atoms with E-state index in [0.29, 0.717) is 6.04 Å². The molecule has 0 bridgehead atoms. The van der Waals surface area contributed by atoms with Crippen LogP contribution in [0.25, 0.3) is 0 Å². The Kier molecular flexibility index (Phi) is 5.33. The highest BCUT2D eigenvalue weighted by Crippen LogP contribution is 2.49. The van der Waals surface area contributed by atoms with Gasteiger partial charge < -0.3 is 9.47 Å². The Morgan fingerprint density at radius 2 is 1.72 bits per heavy atom. The predicted molar refractivity (Wildman–Crippen MR) is 115 cm³/mol. The molecule has 154 valence electrons. The summed E-state index contributed by atoms with van der Waals surface area (Å²) in [5, 5.41) is 0. The molecule has 4 nitrogen and oxygen atoms in total. The molecule has 3 fully saturated rings. The highest BCUT2D eigenvalue weighted by atomic mass is 16.5. The van der Waals surface area contributed by atoms with E-state index in [1.165, 1.54) is 36.9 Å². The fourth-order valence-corrected chi connectivity index (χ4v) is 5.55. The first-order valence-electron chi connectivity index (χ1n) is 11.1. The minimum absolute atomic E-state index is 0.0805. The fraction of sp³-hybridized carbons (Fsp3) is 0.520. The molecule has 2 atom stereocenters. The molecule has 3 aliphatic rings. The molecule has 4 heteroatoms. The van der Waals surface area contributed by atoms with Gasteiger partial charge in [-0.15, -0.1) is 0 Å². The van der Waals surface area contributed by atoms with Crippen LogP contribution in [0.2, 0.25) is 0 Å². The molecule has 29 heavy (non-hydrogen) atoms. The molecule has 1 spiro atoms. The van der Waals surface area contributed by atoms with E-state index >= 15 is 0 Å². The van der Waals surface area contributed by atoms with E-state index in [2.05, 4.69) is 64.4 Å². The van der Waals surface area contributed by atoms with Crippen LogP contribution in [0.15, 0.2) is 54.6 Å². The fourth-order valence-electron chi connectivity index (χ4n) is 5.55. The molecule has 3 aliphatic heterocycles. The van der Waals surface area contributed by atoms with Crippen molar-refractivity contribution in [2.75, 3.05) is 26.7 Å². The largest absolute Gasteiger partial charge is 0.497 e. The predicted octanol–water partition coefficient (Wildman–Crippen LogP) is 4.61. The number of nitrogens with zero attached hydrogens (tertiary/aromatic N) is 2. The summed E-state index contributed by atoms with van der Waals surface area (Å²) >= 11 is 0. The van der Waals surface area contributed by atoms with Gasteiger partial charge in [0.25, 0.3) is 0 Å². The van der Waals surface area contributed by atoms with E-state index in [0.717, 1.165) is 38.2 Å². The lowest BCUT2D eigenvalue weighted by molar-refractivity contribution is -0.141. The van der Waals surface area contributed by atoms with Crippen molar-refractivity contribution in [1.82, 2.24) is 9.80 Å². The lowest BCUT2D eigenvalue weighted by Gasteiger charge is -2.46. The van der Waals surface area contributed by atoms with Crippen molar-refractivity contribution in [1.29, 1.82) is 0 Å². The normalized spacial score (nSPS) is 27.1. The minimum atomic E-state index is -0.0805. The molecule has 5 rings (SSSR count). The molecule has 0 saturated carbocycles. The molecule has 0 aromatic heterocycles. The van der Waals surface area contributed by atoms with Gasteiger partial charge >= 0.3 is 0 Å². The van der Waals surface area contributed by atoms with Gasteiger partial charge in [-0.2, -0.15) is 0 Å². The van der Waals surface area contributed by atoms with Crippen molar-refractivity contribution in [3.63, 3.8) is 0 Å². The van der Waals surface area contributed by atoms with Crippen LogP contribution in [-0.4, -0.2) is 48.3 Å². The number of hydrogen-bond acceptors (Lipinski definition) is 4.